The van der Waals surface area contributed by atoms with E-state index in [0.29, 0.717) is 0 Å². The molecule has 0 rings (SSSR count). The lowest BCUT2D eigenvalue weighted by Crippen LogP contribution is -2.06. The van der Waals surface area contributed by atoms with Gasteiger partial charge in [-0.3, -0.25) is 0 Å². The van der Waals surface area contributed by atoms with Gasteiger partial charge in [0.1, 0.15) is 0 Å². The molecule has 1 N–H and O–H groups in total. The molecule has 0 spiro atoms. The Balaban J connectivity index is 0. The fourth-order valence-corrected chi connectivity index (χ4v) is 1.95. The zero-order valence-corrected chi connectivity index (χ0v) is 14.3. The molecule has 0 saturated heterocycles. The van der Waals surface area contributed by atoms with Crippen molar-refractivity contribution in [1.82, 2.24) is 0 Å². The van der Waals surface area contributed by atoms with Gasteiger partial charge in [0.15, 0.2) is 0 Å². The van der Waals surface area contributed by atoms with Gasteiger partial charge in [0, 0.05) is 0 Å². The normalized spacial score (nSPS) is 10.8. The van der Waals surface area contributed by atoms with Crippen LogP contribution >= 0.6 is 0 Å². The van der Waals surface area contributed by atoms with Crippen LogP contribution in [0.3, 0.4) is 0 Å². The maximum Gasteiger partial charge on any atom is 0.371 e. The van der Waals surface area contributed by atoms with Crippen molar-refractivity contribution >= 4 is 5.97 Å². The van der Waals surface area contributed by atoms with Gasteiger partial charge in [-0.15, -0.1) is 0 Å². The van der Waals surface area contributed by atoms with Gasteiger partial charge in [0.2, 0.25) is 0 Å². The molecule has 0 bridgehead atoms. The Hall–Kier alpha value is -0.930. The third kappa shape index (κ3) is 24.1. The van der Waals surface area contributed by atoms with E-state index in [1.165, 1.54) is 77.0 Å². The summed E-state index contributed by atoms with van der Waals surface area (Å²) in [4.78, 5) is 8.95. The number of alkyl halides is 2. The Bertz CT molecular complexity index is 253. The van der Waals surface area contributed by atoms with Crippen molar-refractivity contribution in [2.75, 3.05) is 0 Å². The van der Waals surface area contributed by atoms with E-state index in [9.17, 15) is 8.78 Å². The molecule has 0 fully saturated rings. The molecule has 0 saturated carbocycles. The first-order chi connectivity index (χ1) is 10.6. The number of allylic oxidation sites excluding steroid dienone is 2. The summed E-state index contributed by atoms with van der Waals surface area (Å²) in [5.41, 5.74) is 0. The zero-order valence-electron chi connectivity index (χ0n) is 14.3. The third-order valence-corrected chi connectivity index (χ3v) is 3.30. The highest BCUT2D eigenvalue weighted by molar-refractivity contribution is 5.70. The van der Waals surface area contributed by atoms with E-state index >= 15 is 0 Å². The predicted molar refractivity (Wildman–Crippen MR) is 89.5 cm³/mol. The van der Waals surface area contributed by atoms with Crippen LogP contribution in [0.1, 0.15) is 90.9 Å². The van der Waals surface area contributed by atoms with Crippen LogP contribution in [0.4, 0.5) is 8.78 Å². The summed E-state index contributed by atoms with van der Waals surface area (Å²) in [6.45, 7) is 4.54. The molecule has 2 nitrogen and oxygen atoms in total. The van der Waals surface area contributed by atoms with Gasteiger partial charge < -0.3 is 5.11 Å². The highest BCUT2D eigenvalue weighted by Crippen LogP contribution is 2.09. The van der Waals surface area contributed by atoms with Crippen molar-refractivity contribution in [2.24, 2.45) is 0 Å². The largest absolute Gasteiger partial charge is 0.477 e. The van der Waals surface area contributed by atoms with Crippen molar-refractivity contribution in [3.8, 4) is 0 Å². The van der Waals surface area contributed by atoms with Gasteiger partial charge in [-0.25, -0.2) is 4.79 Å². The maximum absolute atomic E-state index is 10.6. The summed E-state index contributed by atoms with van der Waals surface area (Å²) in [6, 6.07) is 0. The van der Waals surface area contributed by atoms with Crippen molar-refractivity contribution in [2.45, 2.75) is 97.3 Å². The minimum Gasteiger partial charge on any atom is -0.477 e. The number of hydrogen-bond donors (Lipinski definition) is 1. The second-order valence-electron chi connectivity index (χ2n) is 5.52. The number of hydrogen-bond acceptors (Lipinski definition) is 1. The van der Waals surface area contributed by atoms with Gasteiger partial charge in [0.05, 0.1) is 0 Å². The molecule has 0 radical (unpaired) electrons. The van der Waals surface area contributed by atoms with E-state index in [1.807, 2.05) is 0 Å². The first-order valence-corrected chi connectivity index (χ1v) is 8.72. The Morgan fingerprint density at radius 2 is 1.18 bits per heavy atom. The number of carboxylic acid groups (broad SMARTS) is 1. The van der Waals surface area contributed by atoms with E-state index in [2.05, 4.69) is 26.0 Å². The summed E-state index contributed by atoms with van der Waals surface area (Å²) in [5, 5.41) is 7.24. The summed E-state index contributed by atoms with van der Waals surface area (Å²) < 4.78 is 21.1. The summed E-state index contributed by atoms with van der Waals surface area (Å²) in [5.74, 6) is -2.07. The monoisotopic (exact) mass is 320 g/mol. The molecular weight excluding hydrogens is 286 g/mol. The van der Waals surface area contributed by atoms with Crippen molar-refractivity contribution in [1.29, 1.82) is 0 Å². The van der Waals surface area contributed by atoms with Crippen LogP contribution in [0.15, 0.2) is 12.2 Å². The van der Waals surface area contributed by atoms with Crippen LogP contribution in [0.5, 0.6) is 0 Å². The molecule has 0 atom stereocenters. The standard InChI is InChI=1S/C16H32.C2H2F2O2/c1-3-5-7-9-11-13-15-16-14-12-10-8-6-4-2;3-1(4)2(5)6/h9,11H,3-8,10,12-16H2,1-2H3;1H,(H,5,6)/b11-9-;. The van der Waals surface area contributed by atoms with Crippen molar-refractivity contribution < 1.29 is 18.7 Å². The molecule has 0 unspecified atom stereocenters. The Morgan fingerprint density at radius 1 is 0.818 bits per heavy atom. The molecule has 4 heteroatoms. The Morgan fingerprint density at radius 3 is 1.59 bits per heavy atom. The van der Waals surface area contributed by atoms with Gasteiger partial charge in [-0.2, -0.15) is 8.78 Å². The van der Waals surface area contributed by atoms with Gasteiger partial charge >= 0.3 is 12.4 Å². The van der Waals surface area contributed by atoms with E-state index in [0.717, 1.165) is 0 Å². The zero-order chi connectivity index (χ0) is 17.1. The molecule has 0 aliphatic carbocycles. The predicted octanol–water partition coefficient (Wildman–Crippen LogP) is 6.60. The molecular formula is C18H34F2O2. The maximum atomic E-state index is 10.6. The SMILES string of the molecule is CCCC/C=C\CCCCCCCCCC.O=C(O)C(F)F. The average Bonchev–Trinajstić information content (AvgIpc) is 2.49. The van der Waals surface area contributed by atoms with Crippen molar-refractivity contribution in [3.63, 3.8) is 0 Å². The fourth-order valence-electron chi connectivity index (χ4n) is 1.95. The van der Waals surface area contributed by atoms with E-state index in [1.54, 1.807) is 0 Å². The number of halogens is 2. The van der Waals surface area contributed by atoms with Gasteiger partial charge in [0.25, 0.3) is 0 Å². The molecule has 0 heterocycles. The lowest BCUT2D eigenvalue weighted by molar-refractivity contribution is -0.149. The van der Waals surface area contributed by atoms with Gasteiger partial charge in [-0.05, 0) is 19.3 Å². The van der Waals surface area contributed by atoms with E-state index in [-0.39, 0.29) is 0 Å². The fraction of sp³-hybridized carbons (Fsp3) is 0.833. The van der Waals surface area contributed by atoms with Gasteiger partial charge in [-0.1, -0.05) is 83.8 Å². The third-order valence-electron chi connectivity index (χ3n) is 3.30. The molecule has 132 valence electrons. The van der Waals surface area contributed by atoms with Crippen LogP contribution in [0, 0.1) is 0 Å². The van der Waals surface area contributed by atoms with Crippen LogP contribution in [0.2, 0.25) is 0 Å². The minimum absolute atomic E-state index is 1.29. The smallest absolute Gasteiger partial charge is 0.371 e. The Labute approximate surface area is 135 Å². The van der Waals surface area contributed by atoms with Crippen LogP contribution in [-0.2, 0) is 4.79 Å². The van der Waals surface area contributed by atoms with Crippen LogP contribution in [0.25, 0.3) is 0 Å². The number of carboxylic acids is 1. The molecule has 0 aromatic carbocycles. The van der Waals surface area contributed by atoms with E-state index < -0.39 is 12.4 Å². The number of unbranched alkanes of at least 4 members (excludes halogenated alkanes) is 10. The minimum atomic E-state index is -3.23. The van der Waals surface area contributed by atoms with E-state index in [4.69, 9.17) is 9.90 Å². The quantitative estimate of drug-likeness (QED) is 0.306. The summed E-state index contributed by atoms with van der Waals surface area (Å²) in [6.07, 6.45) is 18.2. The average molecular weight is 320 g/mol. The molecule has 0 aromatic rings. The van der Waals surface area contributed by atoms with Crippen LogP contribution < -0.4 is 0 Å². The molecule has 0 aliphatic heterocycles. The first kappa shape index (κ1) is 23.3. The highest BCUT2D eigenvalue weighted by Gasteiger charge is 2.10. The molecule has 0 amide bonds. The highest BCUT2D eigenvalue weighted by atomic mass is 19.3. The lowest BCUT2D eigenvalue weighted by atomic mass is 10.1. The summed E-state index contributed by atoms with van der Waals surface area (Å²) in [7, 11) is 0. The van der Waals surface area contributed by atoms with Crippen LogP contribution in [-0.4, -0.2) is 17.5 Å². The molecule has 0 aromatic heterocycles. The van der Waals surface area contributed by atoms with Crippen molar-refractivity contribution in [3.05, 3.63) is 12.2 Å². The Kier molecular flexibility index (Phi) is 21.3. The first-order valence-electron chi connectivity index (χ1n) is 8.72. The second-order valence-corrected chi connectivity index (χ2v) is 5.52. The molecule has 22 heavy (non-hydrogen) atoms. The number of carbonyl (C=O) groups is 1. The summed E-state index contributed by atoms with van der Waals surface area (Å²) >= 11 is 0. The number of aliphatic carboxylic acids is 1. The lowest BCUT2D eigenvalue weighted by Gasteiger charge is -1.99. The molecule has 0 aliphatic rings. The second kappa shape index (κ2) is 20.1. The number of rotatable bonds is 13. The topological polar surface area (TPSA) is 37.3 Å².